The number of nitrogens with zero attached hydrogens (tertiary/aromatic N) is 3. The van der Waals surface area contributed by atoms with Crippen molar-refractivity contribution in [3.05, 3.63) is 35.4 Å². The van der Waals surface area contributed by atoms with E-state index in [0.717, 1.165) is 54.6 Å². The third kappa shape index (κ3) is 2.35. The Bertz CT molecular complexity index is 668. The summed E-state index contributed by atoms with van der Waals surface area (Å²) in [7, 11) is 0. The van der Waals surface area contributed by atoms with Gasteiger partial charge >= 0.3 is 0 Å². The molecule has 0 saturated heterocycles. The second kappa shape index (κ2) is 5.04. The average Bonchev–Trinajstić information content (AvgIpc) is 3.09. The highest BCUT2D eigenvalue weighted by molar-refractivity contribution is 5.48. The molecule has 2 aliphatic heterocycles. The molecule has 1 atom stereocenters. The van der Waals surface area contributed by atoms with Crippen molar-refractivity contribution in [2.75, 3.05) is 6.79 Å². The summed E-state index contributed by atoms with van der Waals surface area (Å²) in [5.41, 5.74) is 1.14. The minimum absolute atomic E-state index is 0.317. The van der Waals surface area contributed by atoms with E-state index in [1.807, 2.05) is 23.7 Å². The third-order valence-corrected chi connectivity index (χ3v) is 4.02. The normalized spacial score (nSPS) is 19.6. The van der Waals surface area contributed by atoms with E-state index < -0.39 is 0 Å². The number of hydrogen-bond acceptors (Lipinski definition) is 5. The molecule has 0 spiro atoms. The maximum Gasteiger partial charge on any atom is 0.231 e. The molecule has 1 unspecified atom stereocenters. The van der Waals surface area contributed by atoms with Crippen LogP contribution in [0.15, 0.2) is 18.2 Å². The molecular formula is C15H18N4O2. The lowest BCUT2D eigenvalue weighted by molar-refractivity contribution is 0.173. The van der Waals surface area contributed by atoms with Crippen LogP contribution in [0.25, 0.3) is 0 Å². The van der Waals surface area contributed by atoms with Crippen molar-refractivity contribution in [3.8, 4) is 11.5 Å². The standard InChI is InChI=1S/C15H18N4O2/c1-10-17-14-6-5-12(8-19(14)18-10)16-7-11-3-2-4-13-15(11)21-9-20-13/h2-4,12,16H,5-9H2,1H3. The van der Waals surface area contributed by atoms with Gasteiger partial charge in [-0.05, 0) is 19.4 Å². The van der Waals surface area contributed by atoms with Gasteiger partial charge in [-0.25, -0.2) is 9.67 Å². The third-order valence-electron chi connectivity index (χ3n) is 4.02. The Morgan fingerprint density at radius 3 is 3.29 bits per heavy atom. The smallest absolute Gasteiger partial charge is 0.231 e. The van der Waals surface area contributed by atoms with Crippen molar-refractivity contribution >= 4 is 0 Å². The first kappa shape index (κ1) is 12.6. The molecule has 1 N–H and O–H groups in total. The highest BCUT2D eigenvalue weighted by Crippen LogP contribution is 2.35. The number of rotatable bonds is 3. The van der Waals surface area contributed by atoms with Crippen LogP contribution in [0.4, 0.5) is 0 Å². The summed E-state index contributed by atoms with van der Waals surface area (Å²) in [5.74, 6) is 3.67. The van der Waals surface area contributed by atoms with E-state index in [9.17, 15) is 0 Å². The Hall–Kier alpha value is -2.08. The van der Waals surface area contributed by atoms with Gasteiger partial charge in [-0.3, -0.25) is 0 Å². The van der Waals surface area contributed by atoms with E-state index in [0.29, 0.717) is 12.8 Å². The molecule has 0 fully saturated rings. The lowest BCUT2D eigenvalue weighted by Crippen LogP contribution is -2.37. The van der Waals surface area contributed by atoms with Gasteiger partial charge < -0.3 is 14.8 Å². The largest absolute Gasteiger partial charge is 0.454 e. The number of fused-ring (bicyclic) bond motifs is 2. The summed E-state index contributed by atoms with van der Waals surface area (Å²) in [4.78, 5) is 4.44. The molecule has 6 heteroatoms. The number of nitrogens with one attached hydrogen (secondary N) is 1. The van der Waals surface area contributed by atoms with E-state index >= 15 is 0 Å². The number of benzene rings is 1. The van der Waals surface area contributed by atoms with Gasteiger partial charge in [0.2, 0.25) is 6.79 Å². The molecule has 6 nitrogen and oxygen atoms in total. The van der Waals surface area contributed by atoms with Gasteiger partial charge in [-0.15, -0.1) is 0 Å². The molecule has 2 aliphatic rings. The SMILES string of the molecule is Cc1nc2n(n1)CC(NCc1cccc3c1OCO3)CC2. The fourth-order valence-electron chi connectivity index (χ4n) is 2.98. The summed E-state index contributed by atoms with van der Waals surface area (Å²) < 4.78 is 13.0. The van der Waals surface area contributed by atoms with Crippen molar-refractivity contribution in [2.24, 2.45) is 0 Å². The molecular weight excluding hydrogens is 268 g/mol. The average molecular weight is 286 g/mol. The van der Waals surface area contributed by atoms with Crippen LogP contribution in [0, 0.1) is 6.92 Å². The van der Waals surface area contributed by atoms with Gasteiger partial charge in [0.05, 0.1) is 6.54 Å². The summed E-state index contributed by atoms with van der Waals surface area (Å²) in [6.45, 7) is 3.92. The fourth-order valence-corrected chi connectivity index (χ4v) is 2.98. The van der Waals surface area contributed by atoms with Gasteiger partial charge in [0.15, 0.2) is 11.5 Å². The molecule has 21 heavy (non-hydrogen) atoms. The molecule has 110 valence electrons. The first-order valence-corrected chi connectivity index (χ1v) is 7.31. The van der Waals surface area contributed by atoms with Crippen molar-refractivity contribution in [1.82, 2.24) is 20.1 Å². The van der Waals surface area contributed by atoms with Crippen molar-refractivity contribution in [1.29, 1.82) is 0 Å². The van der Waals surface area contributed by atoms with E-state index in [1.165, 1.54) is 0 Å². The number of hydrogen-bond donors (Lipinski definition) is 1. The van der Waals surface area contributed by atoms with Gasteiger partial charge in [0.1, 0.15) is 11.6 Å². The zero-order chi connectivity index (χ0) is 14.2. The maximum atomic E-state index is 5.54. The highest BCUT2D eigenvalue weighted by Gasteiger charge is 2.22. The quantitative estimate of drug-likeness (QED) is 0.924. The monoisotopic (exact) mass is 286 g/mol. The zero-order valence-corrected chi connectivity index (χ0v) is 12.0. The molecule has 1 aromatic heterocycles. The van der Waals surface area contributed by atoms with E-state index in [1.54, 1.807) is 0 Å². The lowest BCUT2D eigenvalue weighted by atomic mass is 10.1. The van der Waals surface area contributed by atoms with Gasteiger partial charge in [-0.2, -0.15) is 5.10 Å². The predicted octanol–water partition coefficient (Wildman–Crippen LogP) is 1.42. The second-order valence-corrected chi connectivity index (χ2v) is 5.52. The van der Waals surface area contributed by atoms with Crippen molar-refractivity contribution in [2.45, 2.75) is 38.9 Å². The zero-order valence-electron chi connectivity index (χ0n) is 12.0. The van der Waals surface area contributed by atoms with Crippen LogP contribution in [0.2, 0.25) is 0 Å². The number of aryl methyl sites for hydroxylation is 2. The van der Waals surface area contributed by atoms with Crippen LogP contribution < -0.4 is 14.8 Å². The van der Waals surface area contributed by atoms with Crippen molar-refractivity contribution < 1.29 is 9.47 Å². The summed E-state index contributed by atoms with van der Waals surface area (Å²) in [6.07, 6.45) is 2.07. The topological polar surface area (TPSA) is 61.2 Å². The van der Waals surface area contributed by atoms with Crippen molar-refractivity contribution in [3.63, 3.8) is 0 Å². The molecule has 1 aromatic carbocycles. The Balaban J connectivity index is 1.43. The highest BCUT2D eigenvalue weighted by atomic mass is 16.7. The summed E-state index contributed by atoms with van der Waals surface area (Å²) in [6, 6.07) is 6.44. The van der Waals surface area contributed by atoms with Crippen LogP contribution in [-0.2, 0) is 19.5 Å². The first-order chi connectivity index (χ1) is 10.3. The van der Waals surface area contributed by atoms with E-state index in [-0.39, 0.29) is 0 Å². The Labute approximate surface area is 123 Å². The van der Waals surface area contributed by atoms with Crippen LogP contribution in [0.5, 0.6) is 11.5 Å². The first-order valence-electron chi connectivity index (χ1n) is 7.31. The fraction of sp³-hybridized carbons (Fsp3) is 0.467. The van der Waals surface area contributed by atoms with Gasteiger partial charge in [0, 0.05) is 24.6 Å². The molecule has 0 bridgehead atoms. The summed E-state index contributed by atoms with van der Waals surface area (Å²) >= 11 is 0. The van der Waals surface area contributed by atoms with Gasteiger partial charge in [0.25, 0.3) is 0 Å². The minimum Gasteiger partial charge on any atom is -0.454 e. The maximum absolute atomic E-state index is 5.54. The Morgan fingerprint density at radius 1 is 1.38 bits per heavy atom. The lowest BCUT2D eigenvalue weighted by Gasteiger charge is -2.23. The summed E-state index contributed by atoms with van der Waals surface area (Å²) in [5, 5.41) is 8.03. The Kier molecular flexibility index (Phi) is 3.03. The molecule has 0 amide bonds. The second-order valence-electron chi connectivity index (χ2n) is 5.52. The molecule has 0 aliphatic carbocycles. The van der Waals surface area contributed by atoms with Gasteiger partial charge in [-0.1, -0.05) is 12.1 Å². The molecule has 4 rings (SSSR count). The molecule has 0 saturated carbocycles. The van der Waals surface area contributed by atoms with Crippen LogP contribution >= 0.6 is 0 Å². The number of para-hydroxylation sites is 1. The molecule has 0 radical (unpaired) electrons. The van der Waals surface area contributed by atoms with Crippen LogP contribution in [-0.4, -0.2) is 27.6 Å². The number of aromatic nitrogens is 3. The van der Waals surface area contributed by atoms with Crippen LogP contribution in [0.3, 0.4) is 0 Å². The van der Waals surface area contributed by atoms with Crippen LogP contribution in [0.1, 0.15) is 23.6 Å². The Morgan fingerprint density at radius 2 is 2.33 bits per heavy atom. The predicted molar refractivity (Wildman–Crippen MR) is 76.3 cm³/mol. The van der Waals surface area contributed by atoms with E-state index in [4.69, 9.17) is 9.47 Å². The number of ether oxygens (including phenoxy) is 2. The molecule has 2 aromatic rings. The minimum atomic E-state index is 0.317. The molecule has 3 heterocycles. The van der Waals surface area contributed by atoms with E-state index in [2.05, 4.69) is 21.5 Å².